The first-order chi connectivity index (χ1) is 12.9. The Morgan fingerprint density at radius 2 is 1.78 bits per heavy atom. The Morgan fingerprint density at radius 1 is 1.11 bits per heavy atom. The molecule has 0 atom stereocenters. The zero-order valence-electron chi connectivity index (χ0n) is 15.4. The minimum atomic E-state index is -0.151. The summed E-state index contributed by atoms with van der Waals surface area (Å²) < 4.78 is 0. The first kappa shape index (κ1) is 18.9. The van der Waals surface area contributed by atoms with Crippen LogP contribution in [0.4, 0.5) is 11.4 Å². The van der Waals surface area contributed by atoms with E-state index in [1.54, 1.807) is 24.3 Å². The van der Waals surface area contributed by atoms with Gasteiger partial charge in [0.1, 0.15) is 0 Å². The molecule has 0 aliphatic carbocycles. The fourth-order valence-corrected chi connectivity index (χ4v) is 3.39. The first-order valence-electron chi connectivity index (χ1n) is 8.68. The first-order valence-corrected chi connectivity index (χ1v) is 9.49. The molecule has 27 heavy (non-hydrogen) atoms. The molecule has 0 radical (unpaired) electrons. The lowest BCUT2D eigenvalue weighted by molar-refractivity contribution is -0.115. The molecular weight excluding hydrogens is 358 g/mol. The van der Waals surface area contributed by atoms with Gasteiger partial charge in [0.15, 0.2) is 5.17 Å². The van der Waals surface area contributed by atoms with Gasteiger partial charge in [-0.25, -0.2) is 4.99 Å². The molecule has 0 bridgehead atoms. The number of nitrogens with zero attached hydrogens (tertiary/aromatic N) is 1. The van der Waals surface area contributed by atoms with Crippen LogP contribution in [0.3, 0.4) is 0 Å². The summed E-state index contributed by atoms with van der Waals surface area (Å²) in [5.41, 5.74) is 3.66. The molecule has 0 unspecified atom stereocenters. The van der Waals surface area contributed by atoms with Crippen LogP contribution in [0.25, 0.3) is 6.08 Å². The van der Waals surface area contributed by atoms with Crippen molar-refractivity contribution in [1.82, 2.24) is 5.32 Å². The van der Waals surface area contributed by atoms with Crippen molar-refractivity contribution in [3.05, 3.63) is 64.6 Å². The van der Waals surface area contributed by atoms with E-state index in [1.165, 1.54) is 24.2 Å². The molecule has 0 spiro atoms. The van der Waals surface area contributed by atoms with E-state index in [1.807, 2.05) is 18.2 Å². The van der Waals surface area contributed by atoms with Crippen molar-refractivity contribution in [2.24, 2.45) is 4.99 Å². The van der Waals surface area contributed by atoms with Crippen molar-refractivity contribution in [3.63, 3.8) is 0 Å². The van der Waals surface area contributed by atoms with Crippen molar-refractivity contribution < 1.29 is 9.59 Å². The Kier molecular flexibility index (Phi) is 5.76. The number of thioether (sulfide) groups is 1. The standard InChI is InChI=1S/C21H21N3O2S/c1-13(2)16-6-4-15(5-7-16)12-19-20(26)24-21(27-19)23-18-10-8-17(9-11-18)22-14(3)25/h4-13H,1-3H3,(H,22,25)(H,23,24,26)/b19-12-. The van der Waals surface area contributed by atoms with Gasteiger partial charge in [0.25, 0.3) is 5.91 Å². The molecule has 1 heterocycles. The maximum atomic E-state index is 12.2. The molecule has 5 nitrogen and oxygen atoms in total. The molecule has 2 aromatic carbocycles. The number of carbonyl (C=O) groups excluding carboxylic acids is 2. The molecule has 0 aromatic heterocycles. The molecule has 1 aliphatic rings. The minimum Gasteiger partial charge on any atom is -0.326 e. The highest BCUT2D eigenvalue weighted by molar-refractivity contribution is 8.18. The topological polar surface area (TPSA) is 70.6 Å². The Labute approximate surface area is 163 Å². The summed E-state index contributed by atoms with van der Waals surface area (Å²) in [7, 11) is 0. The van der Waals surface area contributed by atoms with Crippen LogP contribution < -0.4 is 10.6 Å². The molecular formula is C21H21N3O2S. The number of carbonyl (C=O) groups is 2. The Morgan fingerprint density at radius 3 is 2.37 bits per heavy atom. The van der Waals surface area contributed by atoms with Gasteiger partial charge in [-0.1, -0.05) is 38.1 Å². The summed E-state index contributed by atoms with van der Waals surface area (Å²) in [6, 6.07) is 15.3. The molecule has 2 aromatic rings. The van der Waals surface area contributed by atoms with Crippen LogP contribution in [0.2, 0.25) is 0 Å². The quantitative estimate of drug-likeness (QED) is 0.759. The van der Waals surface area contributed by atoms with Crippen LogP contribution in [0.5, 0.6) is 0 Å². The number of benzene rings is 2. The molecule has 6 heteroatoms. The number of amides is 2. The third kappa shape index (κ3) is 5.08. The second-order valence-corrected chi connectivity index (χ2v) is 7.56. The van der Waals surface area contributed by atoms with Crippen LogP contribution in [0.15, 0.2) is 58.4 Å². The maximum Gasteiger partial charge on any atom is 0.264 e. The molecule has 1 fully saturated rings. The fourth-order valence-electron chi connectivity index (χ4n) is 2.55. The Balaban J connectivity index is 1.72. The highest BCUT2D eigenvalue weighted by atomic mass is 32.2. The summed E-state index contributed by atoms with van der Waals surface area (Å²) in [5, 5.41) is 6.03. The maximum absolute atomic E-state index is 12.2. The number of aliphatic imine (C=N–C) groups is 1. The van der Waals surface area contributed by atoms with Gasteiger partial charge in [-0.2, -0.15) is 0 Å². The smallest absolute Gasteiger partial charge is 0.264 e. The van der Waals surface area contributed by atoms with Crippen molar-refractivity contribution >= 4 is 46.2 Å². The van der Waals surface area contributed by atoms with E-state index in [-0.39, 0.29) is 11.8 Å². The summed E-state index contributed by atoms with van der Waals surface area (Å²) in [6.45, 7) is 5.77. The second-order valence-electron chi connectivity index (χ2n) is 6.53. The van der Waals surface area contributed by atoms with Crippen LogP contribution in [-0.2, 0) is 9.59 Å². The van der Waals surface area contributed by atoms with Gasteiger partial charge in [-0.05, 0) is 59.1 Å². The Bertz CT molecular complexity index is 913. The summed E-state index contributed by atoms with van der Waals surface area (Å²) in [6.07, 6.45) is 1.87. The zero-order chi connectivity index (χ0) is 19.4. The number of rotatable bonds is 4. The number of hydrogen-bond acceptors (Lipinski definition) is 4. The van der Waals surface area contributed by atoms with Gasteiger partial charge >= 0.3 is 0 Å². The van der Waals surface area contributed by atoms with Gasteiger partial charge in [-0.3, -0.25) is 9.59 Å². The lowest BCUT2D eigenvalue weighted by Crippen LogP contribution is -2.19. The van der Waals surface area contributed by atoms with E-state index >= 15 is 0 Å². The lowest BCUT2D eigenvalue weighted by Gasteiger charge is -2.04. The average Bonchev–Trinajstić information content (AvgIpc) is 2.96. The van der Waals surface area contributed by atoms with Crippen LogP contribution in [0, 0.1) is 0 Å². The average molecular weight is 379 g/mol. The van der Waals surface area contributed by atoms with Crippen LogP contribution in [-0.4, -0.2) is 17.0 Å². The van der Waals surface area contributed by atoms with E-state index in [0.29, 0.717) is 27.4 Å². The van der Waals surface area contributed by atoms with Gasteiger partial charge in [0.2, 0.25) is 5.91 Å². The van der Waals surface area contributed by atoms with Crippen molar-refractivity contribution in [3.8, 4) is 0 Å². The molecule has 3 rings (SSSR count). The Hall–Kier alpha value is -2.86. The molecule has 1 saturated heterocycles. The second kappa shape index (κ2) is 8.22. The SMILES string of the molecule is CC(=O)Nc1ccc(N=C2NC(=O)/C(=C/c3ccc(C(C)C)cc3)S2)cc1. The van der Waals surface area contributed by atoms with E-state index in [9.17, 15) is 9.59 Å². The highest BCUT2D eigenvalue weighted by Crippen LogP contribution is 2.28. The van der Waals surface area contributed by atoms with Gasteiger partial charge in [0, 0.05) is 12.6 Å². The number of hydrogen-bond donors (Lipinski definition) is 2. The van der Waals surface area contributed by atoms with Crippen molar-refractivity contribution in [2.75, 3.05) is 5.32 Å². The van der Waals surface area contributed by atoms with E-state index in [4.69, 9.17) is 0 Å². The number of nitrogens with one attached hydrogen (secondary N) is 2. The third-order valence-corrected chi connectivity index (χ3v) is 4.88. The molecule has 0 saturated carbocycles. The number of anilines is 1. The molecule has 2 N–H and O–H groups in total. The monoisotopic (exact) mass is 379 g/mol. The van der Waals surface area contributed by atoms with Crippen molar-refractivity contribution in [1.29, 1.82) is 0 Å². The predicted octanol–water partition coefficient (Wildman–Crippen LogP) is 4.66. The predicted molar refractivity (Wildman–Crippen MR) is 112 cm³/mol. The fraction of sp³-hybridized carbons (Fsp3) is 0.190. The lowest BCUT2D eigenvalue weighted by atomic mass is 10.0. The van der Waals surface area contributed by atoms with E-state index in [2.05, 4.69) is 41.6 Å². The van der Waals surface area contributed by atoms with Gasteiger partial charge < -0.3 is 10.6 Å². The molecule has 138 valence electrons. The summed E-state index contributed by atoms with van der Waals surface area (Å²) in [5.74, 6) is 0.206. The summed E-state index contributed by atoms with van der Waals surface area (Å²) >= 11 is 1.31. The largest absolute Gasteiger partial charge is 0.326 e. The molecule has 2 amide bonds. The molecule has 1 aliphatic heterocycles. The van der Waals surface area contributed by atoms with Crippen LogP contribution >= 0.6 is 11.8 Å². The highest BCUT2D eigenvalue weighted by Gasteiger charge is 2.23. The third-order valence-electron chi connectivity index (χ3n) is 3.97. The van der Waals surface area contributed by atoms with Crippen molar-refractivity contribution in [2.45, 2.75) is 26.7 Å². The van der Waals surface area contributed by atoms with Gasteiger partial charge in [-0.15, -0.1) is 0 Å². The van der Waals surface area contributed by atoms with Gasteiger partial charge in [0.05, 0.1) is 10.6 Å². The van der Waals surface area contributed by atoms with Crippen LogP contribution in [0.1, 0.15) is 37.8 Å². The van der Waals surface area contributed by atoms with E-state index < -0.39 is 0 Å². The van der Waals surface area contributed by atoms with E-state index in [0.717, 1.165) is 5.56 Å². The zero-order valence-corrected chi connectivity index (χ0v) is 16.3. The summed E-state index contributed by atoms with van der Waals surface area (Å²) in [4.78, 5) is 28.3. The normalized spacial score (nSPS) is 16.8. The number of amidine groups is 1. The minimum absolute atomic E-state index is 0.121.